The van der Waals surface area contributed by atoms with Crippen LogP contribution in [0.4, 0.5) is 0 Å². The van der Waals surface area contributed by atoms with Crippen LogP contribution in [0.3, 0.4) is 0 Å². The summed E-state index contributed by atoms with van der Waals surface area (Å²) in [6.45, 7) is 6.37. The molecular weight excluding hydrogens is 188 g/mol. The van der Waals surface area contributed by atoms with Crippen LogP contribution in [0.15, 0.2) is 18.2 Å². The first kappa shape index (κ1) is 11.6. The lowest BCUT2D eigenvalue weighted by atomic mass is 10.1. The molecule has 1 rings (SSSR count). The first-order chi connectivity index (χ1) is 7.02. The van der Waals surface area contributed by atoms with E-state index < -0.39 is 0 Å². The van der Waals surface area contributed by atoms with Crippen molar-refractivity contribution in [3.05, 3.63) is 29.3 Å². The molecule has 1 unspecified atom stereocenters. The van der Waals surface area contributed by atoms with Gasteiger partial charge in [0.1, 0.15) is 5.75 Å². The Hall–Kier alpha value is -1.51. The summed E-state index contributed by atoms with van der Waals surface area (Å²) in [5.41, 5.74) is 7.61. The molecule has 0 amide bonds. The van der Waals surface area contributed by atoms with Gasteiger partial charge in [-0.15, -0.1) is 0 Å². The van der Waals surface area contributed by atoms with Gasteiger partial charge < -0.3 is 10.5 Å². The lowest BCUT2D eigenvalue weighted by Gasteiger charge is -2.15. The molecule has 0 heterocycles. The van der Waals surface area contributed by atoms with E-state index in [0.717, 1.165) is 16.9 Å². The summed E-state index contributed by atoms with van der Waals surface area (Å²) >= 11 is 0. The molecule has 0 bridgehead atoms. The second kappa shape index (κ2) is 4.82. The smallest absolute Gasteiger partial charge is 0.125 e. The van der Waals surface area contributed by atoms with E-state index in [1.165, 1.54) is 0 Å². The van der Waals surface area contributed by atoms with E-state index >= 15 is 0 Å². The van der Waals surface area contributed by atoms with Crippen LogP contribution in [0.25, 0.3) is 0 Å². The normalized spacial score (nSPS) is 12.2. The zero-order valence-corrected chi connectivity index (χ0v) is 9.50. The largest absolute Gasteiger partial charge is 0.492 e. The molecule has 0 aliphatic rings. The number of ether oxygens (including phenoxy) is 1. The van der Waals surface area contributed by atoms with Crippen molar-refractivity contribution < 1.29 is 4.74 Å². The maximum atomic E-state index is 7.27. The minimum Gasteiger partial charge on any atom is -0.492 e. The van der Waals surface area contributed by atoms with Crippen molar-refractivity contribution in [3.8, 4) is 5.75 Å². The predicted molar refractivity (Wildman–Crippen MR) is 62.5 cm³/mol. The van der Waals surface area contributed by atoms with Crippen LogP contribution in [-0.4, -0.2) is 12.4 Å². The van der Waals surface area contributed by atoms with E-state index in [2.05, 4.69) is 0 Å². The van der Waals surface area contributed by atoms with Gasteiger partial charge in [0.05, 0.1) is 12.4 Å². The molecule has 0 spiro atoms. The van der Waals surface area contributed by atoms with E-state index in [-0.39, 0.29) is 11.8 Å². The van der Waals surface area contributed by atoms with Gasteiger partial charge in [0, 0.05) is 5.92 Å². The van der Waals surface area contributed by atoms with E-state index in [1.54, 1.807) is 0 Å². The Balaban J connectivity index is 2.69. The SMILES string of the molecule is Cc1cccc(C)c1OCC(C)C(=N)N. The molecule has 0 aliphatic carbocycles. The van der Waals surface area contributed by atoms with Gasteiger partial charge in [0.2, 0.25) is 0 Å². The van der Waals surface area contributed by atoms with Crippen molar-refractivity contribution >= 4 is 5.84 Å². The molecule has 82 valence electrons. The third-order valence-corrected chi connectivity index (χ3v) is 2.42. The van der Waals surface area contributed by atoms with Crippen LogP contribution in [-0.2, 0) is 0 Å². The molecule has 0 radical (unpaired) electrons. The van der Waals surface area contributed by atoms with Gasteiger partial charge in [-0.2, -0.15) is 0 Å². The number of hydrogen-bond acceptors (Lipinski definition) is 2. The zero-order chi connectivity index (χ0) is 11.4. The van der Waals surface area contributed by atoms with Crippen molar-refractivity contribution in [1.82, 2.24) is 0 Å². The third kappa shape index (κ3) is 2.98. The van der Waals surface area contributed by atoms with E-state index in [0.29, 0.717) is 6.61 Å². The number of hydrogen-bond donors (Lipinski definition) is 2. The molecule has 0 aromatic heterocycles. The Morgan fingerprint density at radius 2 is 1.93 bits per heavy atom. The summed E-state index contributed by atoms with van der Waals surface area (Å²) in [7, 11) is 0. The predicted octanol–water partition coefficient (Wildman–Crippen LogP) is 2.25. The summed E-state index contributed by atoms with van der Waals surface area (Å²) in [6.07, 6.45) is 0. The molecular formula is C12H18N2O. The monoisotopic (exact) mass is 206 g/mol. The number of amidine groups is 1. The first-order valence-corrected chi connectivity index (χ1v) is 5.05. The van der Waals surface area contributed by atoms with Crippen molar-refractivity contribution in [2.75, 3.05) is 6.61 Å². The maximum Gasteiger partial charge on any atom is 0.125 e. The van der Waals surface area contributed by atoms with Gasteiger partial charge in [-0.05, 0) is 25.0 Å². The molecule has 15 heavy (non-hydrogen) atoms. The molecule has 3 N–H and O–H groups in total. The van der Waals surface area contributed by atoms with Crippen LogP contribution in [0.1, 0.15) is 18.1 Å². The van der Waals surface area contributed by atoms with Crippen LogP contribution >= 0.6 is 0 Å². The van der Waals surface area contributed by atoms with Gasteiger partial charge >= 0.3 is 0 Å². The number of para-hydroxylation sites is 1. The van der Waals surface area contributed by atoms with Gasteiger partial charge in [0.15, 0.2) is 0 Å². The van der Waals surface area contributed by atoms with Gasteiger partial charge in [-0.25, -0.2) is 0 Å². The van der Waals surface area contributed by atoms with Crippen molar-refractivity contribution in [2.24, 2.45) is 11.7 Å². The average molecular weight is 206 g/mol. The maximum absolute atomic E-state index is 7.27. The van der Waals surface area contributed by atoms with Gasteiger partial charge in [-0.3, -0.25) is 5.41 Å². The average Bonchev–Trinajstić information content (AvgIpc) is 2.16. The van der Waals surface area contributed by atoms with Crippen LogP contribution in [0.5, 0.6) is 5.75 Å². The molecule has 1 aromatic carbocycles. The van der Waals surface area contributed by atoms with Crippen molar-refractivity contribution in [1.29, 1.82) is 5.41 Å². The first-order valence-electron chi connectivity index (χ1n) is 5.05. The fraction of sp³-hybridized carbons (Fsp3) is 0.417. The lowest BCUT2D eigenvalue weighted by molar-refractivity contribution is 0.288. The summed E-state index contributed by atoms with van der Waals surface area (Å²) in [4.78, 5) is 0. The van der Waals surface area contributed by atoms with Crippen molar-refractivity contribution in [2.45, 2.75) is 20.8 Å². The van der Waals surface area contributed by atoms with Gasteiger partial charge in [0.25, 0.3) is 0 Å². The molecule has 0 aliphatic heterocycles. The van der Waals surface area contributed by atoms with Crippen molar-refractivity contribution in [3.63, 3.8) is 0 Å². The molecule has 3 heteroatoms. The number of nitrogens with one attached hydrogen (secondary N) is 1. The quantitative estimate of drug-likeness (QED) is 0.586. The Morgan fingerprint density at radius 3 is 2.40 bits per heavy atom. The minimum absolute atomic E-state index is 0.0380. The molecule has 1 aromatic rings. The number of aryl methyl sites for hydroxylation is 2. The highest BCUT2D eigenvalue weighted by Crippen LogP contribution is 2.22. The summed E-state index contributed by atoms with van der Waals surface area (Å²) < 4.78 is 5.67. The topological polar surface area (TPSA) is 59.1 Å². The van der Waals surface area contributed by atoms with Crippen LogP contribution in [0.2, 0.25) is 0 Å². The highest BCUT2D eigenvalue weighted by atomic mass is 16.5. The van der Waals surface area contributed by atoms with E-state index in [1.807, 2.05) is 39.0 Å². The highest BCUT2D eigenvalue weighted by Gasteiger charge is 2.08. The molecule has 3 nitrogen and oxygen atoms in total. The number of benzene rings is 1. The van der Waals surface area contributed by atoms with E-state index in [4.69, 9.17) is 15.9 Å². The standard InChI is InChI=1S/C12H18N2O/c1-8-5-4-6-9(2)11(8)15-7-10(3)12(13)14/h4-6,10H,7H2,1-3H3,(H3,13,14). The third-order valence-electron chi connectivity index (χ3n) is 2.42. The highest BCUT2D eigenvalue weighted by molar-refractivity contribution is 5.79. The number of rotatable bonds is 4. The second-order valence-electron chi connectivity index (χ2n) is 3.89. The van der Waals surface area contributed by atoms with Gasteiger partial charge in [-0.1, -0.05) is 25.1 Å². The molecule has 0 saturated heterocycles. The molecule has 1 atom stereocenters. The molecule has 0 fully saturated rings. The van der Waals surface area contributed by atoms with E-state index in [9.17, 15) is 0 Å². The molecule has 0 saturated carbocycles. The zero-order valence-electron chi connectivity index (χ0n) is 9.50. The Morgan fingerprint density at radius 1 is 1.40 bits per heavy atom. The fourth-order valence-electron chi connectivity index (χ4n) is 1.32. The summed E-state index contributed by atoms with van der Waals surface area (Å²) in [6, 6.07) is 6.04. The summed E-state index contributed by atoms with van der Waals surface area (Å²) in [5, 5.41) is 7.27. The minimum atomic E-state index is -0.0380. The lowest BCUT2D eigenvalue weighted by Crippen LogP contribution is -2.25. The fourth-order valence-corrected chi connectivity index (χ4v) is 1.32. The Bertz CT molecular complexity index is 340. The Kier molecular flexibility index (Phi) is 3.72. The Labute approximate surface area is 90.8 Å². The van der Waals surface area contributed by atoms with Crippen LogP contribution < -0.4 is 10.5 Å². The number of nitrogens with two attached hydrogens (primary N) is 1. The van der Waals surface area contributed by atoms with Crippen LogP contribution in [0, 0.1) is 25.2 Å². The second-order valence-corrected chi connectivity index (χ2v) is 3.89. The summed E-state index contributed by atoms with van der Waals surface area (Å²) in [5.74, 6) is 1.04.